The second-order valence-electron chi connectivity index (χ2n) is 5.34. The number of aryl methyl sites for hydroxylation is 1. The number of rotatable bonds is 4. The lowest BCUT2D eigenvalue weighted by Crippen LogP contribution is -2.44. The topological polar surface area (TPSA) is 90.9 Å². The van der Waals surface area contributed by atoms with Gasteiger partial charge in [-0.2, -0.15) is 10.4 Å². The van der Waals surface area contributed by atoms with Gasteiger partial charge in [-0.05, 0) is 54.1 Å². The second-order valence-corrected chi connectivity index (χ2v) is 6.51. The zero-order chi connectivity index (χ0) is 17.2. The third-order valence-corrected chi connectivity index (χ3v) is 4.14. The third kappa shape index (κ3) is 4.05. The highest BCUT2D eigenvalue weighted by Gasteiger charge is 2.31. The summed E-state index contributed by atoms with van der Waals surface area (Å²) in [7, 11) is 0. The molecule has 0 aliphatic rings. The monoisotopic (exact) mass is 428 g/mol. The van der Waals surface area contributed by atoms with E-state index in [2.05, 4.69) is 16.5 Å². The normalized spacial score (nSPS) is 13.2. The molecular weight excluding hydrogens is 414 g/mol. The van der Waals surface area contributed by atoms with E-state index in [9.17, 15) is 14.3 Å². The van der Waals surface area contributed by atoms with Gasteiger partial charge >= 0.3 is 0 Å². The van der Waals surface area contributed by atoms with Crippen LogP contribution >= 0.6 is 22.6 Å². The molecule has 0 fully saturated rings. The molecule has 2 N–H and O–H groups in total. The molecule has 1 unspecified atom stereocenters. The van der Waals surface area contributed by atoms with Gasteiger partial charge in [-0.25, -0.2) is 4.39 Å². The molecule has 23 heavy (non-hydrogen) atoms. The summed E-state index contributed by atoms with van der Waals surface area (Å²) >= 11 is 2.00. The van der Waals surface area contributed by atoms with E-state index in [-0.39, 0.29) is 6.54 Å². The third-order valence-electron chi connectivity index (χ3n) is 3.24. The SMILES string of the molecule is Cc1cc(NC(=O)C(C)(O)Cn2cc(F)cn2)c(I)cc1C#N. The van der Waals surface area contributed by atoms with Crippen LogP contribution in [0.25, 0.3) is 0 Å². The van der Waals surface area contributed by atoms with Crippen molar-refractivity contribution in [2.24, 2.45) is 0 Å². The molecule has 1 amide bonds. The van der Waals surface area contributed by atoms with E-state index in [1.807, 2.05) is 22.6 Å². The van der Waals surface area contributed by atoms with Crippen LogP contribution < -0.4 is 5.32 Å². The van der Waals surface area contributed by atoms with Crippen molar-refractivity contribution in [3.8, 4) is 6.07 Å². The highest BCUT2D eigenvalue weighted by atomic mass is 127. The molecule has 0 radical (unpaired) electrons. The number of aromatic nitrogens is 2. The summed E-state index contributed by atoms with van der Waals surface area (Å²) in [5, 5.41) is 25.6. The van der Waals surface area contributed by atoms with Gasteiger partial charge in [0.2, 0.25) is 0 Å². The number of carbonyl (C=O) groups excluding carboxylic acids is 1. The minimum atomic E-state index is -1.77. The Kier molecular flexibility index (Phi) is 5.01. The fraction of sp³-hybridized carbons (Fsp3) is 0.267. The molecule has 1 aromatic carbocycles. The summed E-state index contributed by atoms with van der Waals surface area (Å²) in [6.45, 7) is 2.90. The molecule has 0 aliphatic heterocycles. The van der Waals surface area contributed by atoms with E-state index in [0.717, 1.165) is 22.6 Å². The van der Waals surface area contributed by atoms with Crippen LogP contribution in [0.5, 0.6) is 0 Å². The summed E-state index contributed by atoms with van der Waals surface area (Å²) in [5.74, 6) is -1.19. The number of benzene rings is 1. The number of carbonyl (C=O) groups is 1. The van der Waals surface area contributed by atoms with E-state index in [1.54, 1.807) is 19.1 Å². The number of nitriles is 1. The number of hydrogen-bond donors (Lipinski definition) is 2. The van der Waals surface area contributed by atoms with E-state index in [0.29, 0.717) is 14.8 Å². The van der Waals surface area contributed by atoms with Crippen LogP contribution in [0.1, 0.15) is 18.1 Å². The number of anilines is 1. The molecular formula is C15H14FIN4O2. The van der Waals surface area contributed by atoms with E-state index in [1.165, 1.54) is 6.92 Å². The van der Waals surface area contributed by atoms with Crippen molar-refractivity contribution in [2.45, 2.75) is 26.0 Å². The average Bonchev–Trinajstić information content (AvgIpc) is 2.86. The second kappa shape index (κ2) is 6.64. The Labute approximate surface area is 146 Å². The van der Waals surface area contributed by atoms with E-state index >= 15 is 0 Å². The molecule has 0 spiro atoms. The molecule has 2 aromatic rings. The molecule has 0 saturated carbocycles. The lowest BCUT2D eigenvalue weighted by atomic mass is 10.1. The molecule has 120 valence electrons. The molecule has 1 atom stereocenters. The van der Waals surface area contributed by atoms with Crippen LogP contribution in [0.3, 0.4) is 0 Å². The van der Waals surface area contributed by atoms with E-state index in [4.69, 9.17) is 5.26 Å². The van der Waals surface area contributed by atoms with Gasteiger partial charge in [-0.15, -0.1) is 0 Å². The number of nitrogens with one attached hydrogen (secondary N) is 1. The first-order chi connectivity index (χ1) is 10.7. The van der Waals surface area contributed by atoms with Crippen molar-refractivity contribution < 1.29 is 14.3 Å². The predicted octanol–water partition coefficient (Wildman–Crippen LogP) is 2.20. The minimum Gasteiger partial charge on any atom is -0.378 e. The molecule has 8 heteroatoms. The first-order valence-corrected chi connectivity index (χ1v) is 7.73. The first kappa shape index (κ1) is 17.4. The maximum atomic E-state index is 12.9. The van der Waals surface area contributed by atoms with Gasteiger partial charge in [-0.3, -0.25) is 9.48 Å². The lowest BCUT2D eigenvalue weighted by molar-refractivity contribution is -0.133. The lowest BCUT2D eigenvalue weighted by Gasteiger charge is -2.22. The number of halogens is 2. The Bertz CT molecular complexity index is 795. The van der Waals surface area contributed by atoms with Gasteiger partial charge in [0.1, 0.15) is 0 Å². The van der Waals surface area contributed by atoms with Gasteiger partial charge in [0.05, 0.1) is 36.3 Å². The zero-order valence-corrected chi connectivity index (χ0v) is 14.6. The number of amides is 1. The molecule has 1 heterocycles. The number of aliphatic hydroxyl groups is 1. The quantitative estimate of drug-likeness (QED) is 0.731. The Morgan fingerprint density at radius 3 is 2.87 bits per heavy atom. The molecule has 0 saturated heterocycles. The summed E-state index contributed by atoms with van der Waals surface area (Å²) in [6, 6.07) is 5.39. The molecule has 0 bridgehead atoms. The van der Waals surface area contributed by atoms with Gasteiger partial charge in [0, 0.05) is 3.57 Å². The summed E-state index contributed by atoms with van der Waals surface area (Å²) in [6.07, 6.45) is 2.10. The number of hydrogen-bond acceptors (Lipinski definition) is 4. The van der Waals surface area contributed by atoms with Crippen molar-refractivity contribution in [3.63, 3.8) is 0 Å². The van der Waals surface area contributed by atoms with Crippen LogP contribution in [0.15, 0.2) is 24.5 Å². The van der Waals surface area contributed by atoms with Crippen LogP contribution in [0, 0.1) is 27.6 Å². The average molecular weight is 428 g/mol. The van der Waals surface area contributed by atoms with Crippen molar-refractivity contribution in [1.82, 2.24) is 9.78 Å². The van der Waals surface area contributed by atoms with Gasteiger partial charge in [-0.1, -0.05) is 0 Å². The maximum Gasteiger partial charge on any atom is 0.258 e. The van der Waals surface area contributed by atoms with Crippen molar-refractivity contribution in [1.29, 1.82) is 5.26 Å². The largest absolute Gasteiger partial charge is 0.378 e. The molecule has 6 nitrogen and oxygen atoms in total. The smallest absolute Gasteiger partial charge is 0.258 e. The fourth-order valence-corrected chi connectivity index (χ4v) is 2.57. The standard InChI is InChI=1S/C15H14FIN4O2/c1-9-3-13(12(17)4-10(9)5-18)20-14(22)15(2,23)8-21-7-11(16)6-19-21/h3-4,6-7,23H,8H2,1-2H3,(H,20,22). The van der Waals surface area contributed by atoms with Crippen LogP contribution in [0.4, 0.5) is 10.1 Å². The minimum absolute atomic E-state index is 0.186. The van der Waals surface area contributed by atoms with Gasteiger partial charge < -0.3 is 10.4 Å². The van der Waals surface area contributed by atoms with Crippen LogP contribution in [-0.2, 0) is 11.3 Å². The summed E-state index contributed by atoms with van der Waals surface area (Å²) in [5.41, 5.74) is -0.0363. The zero-order valence-electron chi connectivity index (χ0n) is 12.5. The fourth-order valence-electron chi connectivity index (χ4n) is 1.97. The predicted molar refractivity (Wildman–Crippen MR) is 90.0 cm³/mol. The molecule has 1 aromatic heterocycles. The van der Waals surface area contributed by atoms with Gasteiger partial charge in [0.15, 0.2) is 11.4 Å². The first-order valence-electron chi connectivity index (χ1n) is 6.65. The highest BCUT2D eigenvalue weighted by molar-refractivity contribution is 14.1. The molecule has 2 rings (SSSR count). The maximum absolute atomic E-state index is 12.9. The van der Waals surface area contributed by atoms with Gasteiger partial charge in [0.25, 0.3) is 5.91 Å². The summed E-state index contributed by atoms with van der Waals surface area (Å²) < 4.78 is 14.8. The Morgan fingerprint density at radius 1 is 1.61 bits per heavy atom. The summed E-state index contributed by atoms with van der Waals surface area (Å²) in [4.78, 5) is 12.3. The Balaban J connectivity index is 2.18. The highest BCUT2D eigenvalue weighted by Crippen LogP contribution is 2.24. The van der Waals surface area contributed by atoms with E-state index < -0.39 is 17.3 Å². The Hall–Kier alpha value is -1.99. The van der Waals surface area contributed by atoms with Crippen LogP contribution in [-0.4, -0.2) is 26.4 Å². The molecule has 0 aliphatic carbocycles. The van der Waals surface area contributed by atoms with Crippen LogP contribution in [0.2, 0.25) is 0 Å². The van der Waals surface area contributed by atoms with Crippen molar-refractivity contribution in [2.75, 3.05) is 5.32 Å². The van der Waals surface area contributed by atoms with Crippen molar-refractivity contribution >= 4 is 34.2 Å². The Morgan fingerprint density at radius 2 is 2.30 bits per heavy atom. The van der Waals surface area contributed by atoms with Crippen molar-refractivity contribution in [3.05, 3.63) is 45.0 Å². The number of nitrogens with zero attached hydrogens (tertiary/aromatic N) is 3.